The van der Waals surface area contributed by atoms with Crippen molar-refractivity contribution in [2.75, 3.05) is 14.2 Å². The summed E-state index contributed by atoms with van der Waals surface area (Å²) >= 11 is 0. The fourth-order valence-corrected chi connectivity index (χ4v) is 3.95. The number of carboxylic acid groups (broad SMARTS) is 2. The van der Waals surface area contributed by atoms with Crippen molar-refractivity contribution >= 4 is 12.1 Å². The quantitative estimate of drug-likeness (QED) is 0.471. The molecule has 1 unspecified atom stereocenters. The van der Waals surface area contributed by atoms with Crippen LogP contribution in [-0.2, 0) is 16.0 Å². The van der Waals surface area contributed by atoms with E-state index < -0.39 is 11.8 Å². The predicted octanol–water partition coefficient (Wildman–Crippen LogP) is 5.79. The van der Waals surface area contributed by atoms with E-state index in [-0.39, 0.29) is 11.9 Å². The van der Waals surface area contributed by atoms with Crippen LogP contribution in [0.1, 0.15) is 71.3 Å². The number of hydrogen-bond acceptors (Lipinski definition) is 5. The smallest absolute Gasteiger partial charge is 0.493 e. The Balaban J connectivity index is 0.00000110. The molecular formula is C24H38O7. The fraction of sp³-hybridized carbons (Fsp3) is 0.667. The van der Waals surface area contributed by atoms with Gasteiger partial charge in [-0.25, -0.2) is 4.79 Å². The molecule has 2 N–H and O–H groups in total. The van der Waals surface area contributed by atoms with E-state index in [1.165, 1.54) is 31.2 Å². The van der Waals surface area contributed by atoms with Crippen LogP contribution in [0.5, 0.6) is 11.5 Å². The van der Waals surface area contributed by atoms with E-state index in [0.717, 1.165) is 37.2 Å². The molecule has 0 aromatic heterocycles. The number of rotatable bonds is 9. The van der Waals surface area contributed by atoms with Crippen LogP contribution in [0, 0.1) is 11.8 Å². The first-order chi connectivity index (χ1) is 14.6. The maximum Gasteiger partial charge on any atom is 0.503 e. The van der Waals surface area contributed by atoms with Gasteiger partial charge < -0.3 is 24.4 Å². The minimum absolute atomic E-state index is 0.00692. The first-order valence-electron chi connectivity index (χ1n) is 10.9. The van der Waals surface area contributed by atoms with Crippen LogP contribution in [0.4, 0.5) is 4.79 Å². The van der Waals surface area contributed by atoms with Crippen molar-refractivity contribution in [3.63, 3.8) is 0 Å². The molecule has 0 saturated heterocycles. The lowest BCUT2D eigenvalue weighted by molar-refractivity contribution is -0.161. The lowest BCUT2D eigenvalue weighted by Gasteiger charge is -2.25. The highest BCUT2D eigenvalue weighted by molar-refractivity contribution is 5.72. The van der Waals surface area contributed by atoms with Gasteiger partial charge in [0.05, 0.1) is 20.1 Å². The summed E-state index contributed by atoms with van der Waals surface area (Å²) in [6.45, 7) is 5.84. The van der Waals surface area contributed by atoms with Gasteiger partial charge >= 0.3 is 12.1 Å². The highest BCUT2D eigenvalue weighted by Crippen LogP contribution is 2.33. The summed E-state index contributed by atoms with van der Waals surface area (Å²) in [4.78, 5) is 21.3. The molecule has 0 amide bonds. The average molecular weight is 439 g/mol. The van der Waals surface area contributed by atoms with E-state index in [9.17, 15) is 4.79 Å². The van der Waals surface area contributed by atoms with Gasteiger partial charge in [-0.2, -0.15) is 0 Å². The van der Waals surface area contributed by atoms with Crippen LogP contribution < -0.4 is 9.47 Å². The molecule has 2 rings (SSSR count). The second kappa shape index (κ2) is 13.1. The number of benzene rings is 1. The molecule has 1 aromatic carbocycles. The Kier molecular flexibility index (Phi) is 11.2. The summed E-state index contributed by atoms with van der Waals surface area (Å²) < 4.78 is 16.4. The first kappa shape index (κ1) is 26.6. The summed E-state index contributed by atoms with van der Waals surface area (Å²) in [5, 5.41) is 13.9. The van der Waals surface area contributed by atoms with Crippen LogP contribution in [-0.4, -0.2) is 42.2 Å². The maximum atomic E-state index is 12.7. The molecule has 1 atom stereocenters. The van der Waals surface area contributed by atoms with Gasteiger partial charge in [-0.05, 0) is 70.1 Å². The SMILES string of the molecule is COc1ccc(CCCC(CC2CCCC2)C(=O)OC(C)(C)C)cc1OC.O=C(O)O. The Bertz CT molecular complexity index is 684. The molecule has 0 spiro atoms. The molecule has 1 aliphatic rings. The van der Waals surface area contributed by atoms with Crippen molar-refractivity contribution in [3.8, 4) is 11.5 Å². The predicted molar refractivity (Wildman–Crippen MR) is 119 cm³/mol. The molecule has 31 heavy (non-hydrogen) atoms. The molecule has 1 aliphatic carbocycles. The molecule has 0 aliphatic heterocycles. The lowest BCUT2D eigenvalue weighted by atomic mass is 9.89. The zero-order valence-corrected chi connectivity index (χ0v) is 19.5. The second-order valence-corrected chi connectivity index (χ2v) is 8.98. The second-order valence-electron chi connectivity index (χ2n) is 8.98. The number of aryl methyl sites for hydroxylation is 1. The van der Waals surface area contributed by atoms with E-state index in [1.54, 1.807) is 14.2 Å². The lowest BCUT2D eigenvalue weighted by Crippen LogP contribution is -2.29. The summed E-state index contributed by atoms with van der Waals surface area (Å²) in [5.41, 5.74) is 0.783. The molecule has 0 bridgehead atoms. The highest BCUT2D eigenvalue weighted by Gasteiger charge is 2.28. The Labute approximate surface area is 185 Å². The van der Waals surface area contributed by atoms with Gasteiger partial charge in [0.25, 0.3) is 0 Å². The van der Waals surface area contributed by atoms with Gasteiger partial charge in [0.15, 0.2) is 11.5 Å². The van der Waals surface area contributed by atoms with Gasteiger partial charge in [0, 0.05) is 0 Å². The molecule has 1 aromatic rings. The molecule has 0 heterocycles. The summed E-state index contributed by atoms with van der Waals surface area (Å²) in [5.74, 6) is 2.16. The van der Waals surface area contributed by atoms with Crippen molar-refractivity contribution in [2.24, 2.45) is 11.8 Å². The number of carbonyl (C=O) groups excluding carboxylic acids is 1. The average Bonchev–Trinajstić information content (AvgIpc) is 3.18. The molecule has 176 valence electrons. The number of methoxy groups -OCH3 is 2. The molecule has 1 fully saturated rings. The Morgan fingerprint density at radius 2 is 1.65 bits per heavy atom. The number of hydrogen-bond donors (Lipinski definition) is 2. The Morgan fingerprint density at radius 3 is 2.16 bits per heavy atom. The molecule has 7 heteroatoms. The minimum Gasteiger partial charge on any atom is -0.493 e. The maximum absolute atomic E-state index is 12.7. The Morgan fingerprint density at radius 1 is 1.06 bits per heavy atom. The normalized spacial score (nSPS) is 14.9. The summed E-state index contributed by atoms with van der Waals surface area (Å²) in [6, 6.07) is 6.04. The zero-order valence-electron chi connectivity index (χ0n) is 19.5. The van der Waals surface area contributed by atoms with E-state index in [1.807, 2.05) is 32.9 Å². The van der Waals surface area contributed by atoms with Gasteiger partial charge in [-0.15, -0.1) is 0 Å². The molecule has 1 saturated carbocycles. The standard InChI is InChI=1S/C23H36O4.CH2O3/c1-23(2,3)27-22(24)19(15-17-9-6-7-10-17)12-8-11-18-13-14-20(25-4)21(16-18)26-5;2-1(3)4/h13-14,16-17,19H,6-12,15H2,1-5H3;(H2,2,3,4). The van der Waals surface area contributed by atoms with Gasteiger partial charge in [-0.1, -0.05) is 31.7 Å². The number of ether oxygens (including phenoxy) is 3. The monoisotopic (exact) mass is 438 g/mol. The van der Waals surface area contributed by atoms with Crippen molar-refractivity contribution < 1.29 is 34.0 Å². The van der Waals surface area contributed by atoms with Crippen LogP contribution in [0.15, 0.2) is 18.2 Å². The van der Waals surface area contributed by atoms with Gasteiger partial charge in [0.1, 0.15) is 5.60 Å². The minimum atomic E-state index is -1.83. The third-order valence-corrected chi connectivity index (χ3v) is 5.30. The third kappa shape index (κ3) is 10.9. The van der Waals surface area contributed by atoms with E-state index in [2.05, 4.69) is 6.07 Å². The molecule has 0 radical (unpaired) electrons. The van der Waals surface area contributed by atoms with E-state index in [0.29, 0.717) is 5.92 Å². The van der Waals surface area contributed by atoms with E-state index >= 15 is 0 Å². The summed E-state index contributed by atoms with van der Waals surface area (Å²) in [6.07, 6.45) is 7.02. The van der Waals surface area contributed by atoms with Crippen LogP contribution >= 0.6 is 0 Å². The largest absolute Gasteiger partial charge is 0.503 e. The van der Waals surface area contributed by atoms with Crippen LogP contribution in [0.3, 0.4) is 0 Å². The fourth-order valence-electron chi connectivity index (χ4n) is 3.95. The third-order valence-electron chi connectivity index (χ3n) is 5.30. The van der Waals surface area contributed by atoms with Crippen LogP contribution in [0.2, 0.25) is 0 Å². The number of carbonyl (C=O) groups is 2. The first-order valence-corrected chi connectivity index (χ1v) is 10.9. The van der Waals surface area contributed by atoms with Crippen molar-refractivity contribution in [1.29, 1.82) is 0 Å². The molecule has 7 nitrogen and oxygen atoms in total. The zero-order chi connectivity index (χ0) is 23.4. The van der Waals surface area contributed by atoms with E-state index in [4.69, 9.17) is 29.2 Å². The highest BCUT2D eigenvalue weighted by atomic mass is 16.6. The van der Waals surface area contributed by atoms with Crippen molar-refractivity contribution in [2.45, 2.75) is 77.7 Å². The van der Waals surface area contributed by atoms with Gasteiger partial charge in [-0.3, -0.25) is 4.79 Å². The van der Waals surface area contributed by atoms with Crippen molar-refractivity contribution in [1.82, 2.24) is 0 Å². The molecular weight excluding hydrogens is 400 g/mol. The summed E-state index contributed by atoms with van der Waals surface area (Å²) in [7, 11) is 3.30. The number of esters is 1. The van der Waals surface area contributed by atoms with Gasteiger partial charge in [0.2, 0.25) is 0 Å². The topological polar surface area (TPSA) is 102 Å². The van der Waals surface area contributed by atoms with Crippen LogP contribution in [0.25, 0.3) is 0 Å². The van der Waals surface area contributed by atoms with Crippen molar-refractivity contribution in [3.05, 3.63) is 23.8 Å². The Hall–Kier alpha value is -2.44.